The number of nitriles is 1. The monoisotopic (exact) mass is 84.0 g/mol. The molecule has 0 aliphatic heterocycles. The van der Waals surface area contributed by atoms with Crippen molar-refractivity contribution >= 4 is 37.7 Å². The first-order valence-corrected chi connectivity index (χ1v) is 0.512. The normalized spacial score (nSPS) is 1.75. The molecule has 0 bridgehead atoms. The SMILES string of the molecule is N#CN.[Ca+2].[H-].[H-]. The minimum absolute atomic E-state index is 0. The van der Waals surface area contributed by atoms with E-state index in [-0.39, 0.29) is 40.6 Å². The second-order valence-corrected chi connectivity index (χ2v) is 0.129. The molecule has 0 radical (unpaired) electrons. The Morgan fingerprint density at radius 1 is 2.00 bits per heavy atom. The van der Waals surface area contributed by atoms with Crippen LogP contribution in [0.2, 0.25) is 0 Å². The van der Waals surface area contributed by atoms with Crippen LogP contribution in [0, 0.1) is 11.5 Å². The summed E-state index contributed by atoms with van der Waals surface area (Å²) in [6.45, 7) is 0. The molecule has 0 saturated heterocycles. The molecule has 2 N–H and O–H groups in total. The van der Waals surface area contributed by atoms with Gasteiger partial charge in [-0.25, -0.2) is 0 Å². The molecule has 0 amide bonds. The van der Waals surface area contributed by atoms with Gasteiger partial charge < -0.3 is 8.59 Å². The quantitative estimate of drug-likeness (QED) is 0.239. The van der Waals surface area contributed by atoms with Crippen LogP contribution in [-0.2, 0) is 0 Å². The fourth-order valence-corrected chi connectivity index (χ4v) is 0. The summed E-state index contributed by atoms with van der Waals surface area (Å²) < 4.78 is 0. The Balaban J connectivity index is -0.00000000667. The van der Waals surface area contributed by atoms with E-state index in [1.54, 1.807) is 0 Å². The van der Waals surface area contributed by atoms with E-state index in [9.17, 15) is 0 Å². The van der Waals surface area contributed by atoms with Gasteiger partial charge in [0.2, 0.25) is 0 Å². The van der Waals surface area contributed by atoms with Gasteiger partial charge in [-0.3, -0.25) is 0 Å². The Morgan fingerprint density at radius 3 is 2.00 bits per heavy atom. The molecule has 0 aromatic carbocycles. The summed E-state index contributed by atoms with van der Waals surface area (Å²) in [7, 11) is 0. The molecule has 0 fully saturated rings. The topological polar surface area (TPSA) is 49.8 Å². The predicted molar refractivity (Wildman–Crippen MR) is 17.8 cm³/mol. The third-order valence-corrected chi connectivity index (χ3v) is 0. The predicted octanol–water partition coefficient (Wildman–Crippen LogP) is -0.730. The minimum Gasteiger partial charge on any atom is -1.00 e. The third kappa shape index (κ3) is 20.3. The molecule has 0 unspecified atom stereocenters. The van der Waals surface area contributed by atoms with E-state index in [1.165, 1.54) is 6.19 Å². The molecule has 0 aliphatic carbocycles. The van der Waals surface area contributed by atoms with Crippen LogP contribution in [0.25, 0.3) is 0 Å². The molecule has 0 atom stereocenters. The number of hydrogen-bond donors (Lipinski definition) is 1. The van der Waals surface area contributed by atoms with Crippen molar-refractivity contribution in [2.75, 3.05) is 0 Å². The van der Waals surface area contributed by atoms with Crippen molar-refractivity contribution in [2.24, 2.45) is 5.73 Å². The minimum atomic E-state index is 0. The standard InChI is InChI=1S/CH2N2.Ca.2H/c2-1-3;;;/h2H2;;;/q;+2;2*-1. The molecule has 0 aromatic heterocycles. The summed E-state index contributed by atoms with van der Waals surface area (Å²) in [4.78, 5) is 0. The molecular formula is CH4CaN2. The van der Waals surface area contributed by atoms with Crippen LogP contribution in [0.3, 0.4) is 0 Å². The fraction of sp³-hybridized carbons (Fsp3) is 0. The van der Waals surface area contributed by atoms with Crippen molar-refractivity contribution < 1.29 is 2.85 Å². The second kappa shape index (κ2) is 9.61. The summed E-state index contributed by atoms with van der Waals surface area (Å²) in [6.07, 6.45) is 1.25. The average molecular weight is 84.1 g/mol. The van der Waals surface area contributed by atoms with Gasteiger partial charge in [0.05, 0.1) is 0 Å². The number of rotatable bonds is 0. The average Bonchev–Trinajstić information content (AvgIpc) is 0.918. The van der Waals surface area contributed by atoms with E-state index in [4.69, 9.17) is 5.26 Å². The molecule has 0 saturated carbocycles. The van der Waals surface area contributed by atoms with Crippen molar-refractivity contribution in [1.82, 2.24) is 0 Å². The van der Waals surface area contributed by atoms with E-state index in [0.717, 1.165) is 0 Å². The van der Waals surface area contributed by atoms with Gasteiger partial charge in [-0.2, -0.15) is 5.26 Å². The van der Waals surface area contributed by atoms with Crippen molar-refractivity contribution in [2.45, 2.75) is 0 Å². The van der Waals surface area contributed by atoms with Gasteiger partial charge >= 0.3 is 37.7 Å². The third-order valence-electron chi connectivity index (χ3n) is 0. The van der Waals surface area contributed by atoms with Crippen LogP contribution in [0.5, 0.6) is 0 Å². The van der Waals surface area contributed by atoms with Crippen LogP contribution in [0.4, 0.5) is 0 Å². The molecule has 0 rings (SSSR count). The van der Waals surface area contributed by atoms with Crippen LogP contribution in [-0.4, -0.2) is 37.7 Å². The largest absolute Gasteiger partial charge is 2.00 e. The van der Waals surface area contributed by atoms with E-state index >= 15 is 0 Å². The number of nitrogens with zero attached hydrogens (tertiary/aromatic N) is 1. The Labute approximate surface area is 57.6 Å². The van der Waals surface area contributed by atoms with Crippen molar-refractivity contribution in [1.29, 1.82) is 5.26 Å². The van der Waals surface area contributed by atoms with E-state index < -0.39 is 0 Å². The van der Waals surface area contributed by atoms with Gasteiger partial charge in [-0.15, -0.1) is 0 Å². The van der Waals surface area contributed by atoms with Gasteiger partial charge in [0.1, 0.15) is 0 Å². The Morgan fingerprint density at radius 2 is 2.00 bits per heavy atom. The Bertz CT molecular complexity index is 33.0. The van der Waals surface area contributed by atoms with Crippen LogP contribution >= 0.6 is 0 Å². The summed E-state index contributed by atoms with van der Waals surface area (Å²) >= 11 is 0. The van der Waals surface area contributed by atoms with Crippen LogP contribution in [0.1, 0.15) is 2.85 Å². The molecule has 20 valence electrons. The van der Waals surface area contributed by atoms with Crippen LogP contribution in [0.15, 0.2) is 0 Å². The maximum Gasteiger partial charge on any atom is 2.00 e. The fourth-order valence-electron chi connectivity index (χ4n) is 0. The van der Waals surface area contributed by atoms with Crippen molar-refractivity contribution in [3.8, 4) is 6.19 Å². The Hall–Kier alpha value is 0.550. The van der Waals surface area contributed by atoms with Gasteiger partial charge in [0.15, 0.2) is 6.19 Å². The zero-order valence-electron chi connectivity index (χ0n) is 4.23. The maximum absolute atomic E-state index is 7.10. The molecule has 0 heterocycles. The first-order valence-electron chi connectivity index (χ1n) is 0.512. The number of hydrogen-bond acceptors (Lipinski definition) is 2. The molecule has 3 heteroatoms. The smallest absolute Gasteiger partial charge is 1.00 e. The first kappa shape index (κ1) is 8.82. The molecule has 4 heavy (non-hydrogen) atoms. The molecular weight excluding hydrogens is 80.1 g/mol. The van der Waals surface area contributed by atoms with E-state index in [1.807, 2.05) is 0 Å². The number of nitrogens with two attached hydrogens (primary N) is 1. The first-order chi connectivity index (χ1) is 1.41. The maximum atomic E-state index is 7.10. The summed E-state index contributed by atoms with van der Waals surface area (Å²) in [6, 6.07) is 0. The molecule has 0 aliphatic rings. The zero-order chi connectivity index (χ0) is 2.71. The Kier molecular flexibility index (Phi) is 21.2. The van der Waals surface area contributed by atoms with E-state index in [2.05, 4.69) is 5.73 Å². The van der Waals surface area contributed by atoms with Gasteiger partial charge in [0, 0.05) is 0 Å². The summed E-state index contributed by atoms with van der Waals surface area (Å²) in [5.74, 6) is 0. The second-order valence-electron chi connectivity index (χ2n) is 0.129. The zero-order valence-corrected chi connectivity index (χ0v) is 4.44. The van der Waals surface area contributed by atoms with E-state index in [0.29, 0.717) is 0 Å². The van der Waals surface area contributed by atoms with Crippen molar-refractivity contribution in [3.63, 3.8) is 0 Å². The van der Waals surface area contributed by atoms with Gasteiger partial charge in [-0.05, 0) is 0 Å². The molecule has 0 spiro atoms. The summed E-state index contributed by atoms with van der Waals surface area (Å²) in [5, 5.41) is 7.10. The van der Waals surface area contributed by atoms with Gasteiger partial charge in [-0.1, -0.05) is 0 Å². The molecule has 2 nitrogen and oxygen atoms in total. The van der Waals surface area contributed by atoms with Gasteiger partial charge in [0.25, 0.3) is 0 Å². The van der Waals surface area contributed by atoms with Crippen molar-refractivity contribution in [3.05, 3.63) is 0 Å². The van der Waals surface area contributed by atoms with Crippen LogP contribution < -0.4 is 5.73 Å². The molecule has 0 aromatic rings. The summed E-state index contributed by atoms with van der Waals surface area (Å²) in [5.41, 5.74) is 4.15.